The number of hydrogen-bond donors (Lipinski definition) is 1. The molecule has 3 aromatic rings. The Morgan fingerprint density at radius 3 is 2.21 bits per heavy atom. The highest BCUT2D eigenvalue weighted by molar-refractivity contribution is 9.10. The van der Waals surface area contributed by atoms with Crippen LogP contribution in [-0.2, 0) is 10.0 Å². The van der Waals surface area contributed by atoms with Crippen molar-refractivity contribution in [2.75, 3.05) is 10.8 Å². The molecule has 0 unspecified atom stereocenters. The summed E-state index contributed by atoms with van der Waals surface area (Å²) in [7, 11) is -4.01. The molecular weight excluding hydrogens is 454 g/mol. The number of ketones is 1. The number of nitrogens with zero attached hydrogens (tertiary/aromatic N) is 1. The van der Waals surface area contributed by atoms with Crippen LogP contribution < -0.4 is 4.31 Å². The maximum atomic E-state index is 13.8. The molecule has 5 nitrogen and oxygen atoms in total. The second-order valence-corrected chi connectivity index (χ2v) is 10.0. The zero-order valence-electron chi connectivity index (χ0n) is 16.4. The molecule has 0 heterocycles. The lowest BCUT2D eigenvalue weighted by molar-refractivity contribution is 0.101. The predicted octanol–water partition coefficient (Wildman–Crippen LogP) is 5.36. The smallest absolute Gasteiger partial charge is 0.264 e. The quantitative estimate of drug-likeness (QED) is 0.486. The fraction of sp³-hybridized carbons (Fsp3) is 0.227. The van der Waals surface area contributed by atoms with Crippen LogP contribution in [0.15, 0.2) is 64.0 Å². The summed E-state index contributed by atoms with van der Waals surface area (Å²) < 4.78 is 29.7. The van der Waals surface area contributed by atoms with Crippen molar-refractivity contribution in [2.45, 2.75) is 25.7 Å². The fourth-order valence-corrected chi connectivity index (χ4v) is 5.33. The van der Waals surface area contributed by atoms with Crippen LogP contribution in [0.3, 0.4) is 0 Å². The van der Waals surface area contributed by atoms with Crippen LogP contribution in [0.5, 0.6) is 5.75 Å². The molecule has 29 heavy (non-hydrogen) atoms. The van der Waals surface area contributed by atoms with Gasteiger partial charge in [-0.05, 0) is 43.2 Å². The van der Waals surface area contributed by atoms with Gasteiger partial charge in [0.25, 0.3) is 10.0 Å². The Morgan fingerprint density at radius 1 is 1.07 bits per heavy atom. The number of phenolic OH excluding ortho intramolecular Hbond substituents is 1. The van der Waals surface area contributed by atoms with E-state index in [0.29, 0.717) is 16.5 Å². The number of fused-ring (bicyclic) bond motifs is 1. The van der Waals surface area contributed by atoms with Gasteiger partial charge >= 0.3 is 0 Å². The number of phenols is 1. The average molecular weight is 476 g/mol. The molecule has 0 aromatic heterocycles. The molecule has 7 heteroatoms. The van der Waals surface area contributed by atoms with Gasteiger partial charge in [-0.1, -0.05) is 54.0 Å². The van der Waals surface area contributed by atoms with E-state index in [2.05, 4.69) is 15.9 Å². The normalized spacial score (nSPS) is 11.8. The van der Waals surface area contributed by atoms with Gasteiger partial charge < -0.3 is 5.11 Å². The second-order valence-electron chi connectivity index (χ2n) is 7.28. The Bertz CT molecular complexity index is 1170. The van der Waals surface area contributed by atoms with Crippen LogP contribution in [-0.4, -0.2) is 25.9 Å². The van der Waals surface area contributed by atoms with Gasteiger partial charge in [-0.2, -0.15) is 0 Å². The summed E-state index contributed by atoms with van der Waals surface area (Å²) in [6.45, 7) is 5.46. The molecule has 0 atom stereocenters. The van der Waals surface area contributed by atoms with E-state index < -0.39 is 15.8 Å². The molecule has 0 spiro atoms. The number of carbonyl (C=O) groups excluding carboxylic acids is 1. The Labute approximate surface area is 179 Å². The van der Waals surface area contributed by atoms with Crippen molar-refractivity contribution in [3.63, 3.8) is 0 Å². The van der Waals surface area contributed by atoms with Crippen molar-refractivity contribution in [3.05, 3.63) is 64.6 Å². The van der Waals surface area contributed by atoms with Crippen LogP contribution in [0.2, 0.25) is 0 Å². The molecule has 0 fully saturated rings. The lowest BCUT2D eigenvalue weighted by Gasteiger charge is -2.27. The van der Waals surface area contributed by atoms with Gasteiger partial charge in [0.15, 0.2) is 5.78 Å². The van der Waals surface area contributed by atoms with E-state index in [4.69, 9.17) is 0 Å². The SMILES string of the molecule is CC(=O)c1cc(S(=O)(=O)N(CC(C)C)c2ccc(Br)cc2)c2ccccc2c1O. The average Bonchev–Trinajstić information content (AvgIpc) is 2.66. The molecule has 0 saturated heterocycles. The highest BCUT2D eigenvalue weighted by Crippen LogP contribution is 2.37. The van der Waals surface area contributed by atoms with E-state index in [0.717, 1.165) is 4.47 Å². The van der Waals surface area contributed by atoms with Gasteiger partial charge in [-0.3, -0.25) is 9.10 Å². The number of anilines is 1. The highest BCUT2D eigenvalue weighted by atomic mass is 79.9. The maximum Gasteiger partial charge on any atom is 0.264 e. The van der Waals surface area contributed by atoms with Crippen molar-refractivity contribution in [2.24, 2.45) is 5.92 Å². The minimum Gasteiger partial charge on any atom is -0.507 e. The number of hydrogen-bond acceptors (Lipinski definition) is 4. The lowest BCUT2D eigenvalue weighted by atomic mass is 10.0. The Balaban J connectivity index is 2.31. The summed E-state index contributed by atoms with van der Waals surface area (Å²) in [5.41, 5.74) is 0.519. The van der Waals surface area contributed by atoms with Crippen molar-refractivity contribution in [1.29, 1.82) is 0 Å². The number of carbonyl (C=O) groups is 1. The summed E-state index contributed by atoms with van der Waals surface area (Å²) in [5.74, 6) is -0.529. The van der Waals surface area contributed by atoms with Gasteiger partial charge in [-0.15, -0.1) is 0 Å². The Kier molecular flexibility index (Phi) is 6.00. The summed E-state index contributed by atoms with van der Waals surface area (Å²) in [6, 6.07) is 15.0. The number of rotatable bonds is 6. The number of aromatic hydroxyl groups is 1. The van der Waals surface area contributed by atoms with E-state index >= 15 is 0 Å². The molecule has 0 aliphatic rings. The fourth-order valence-electron chi connectivity index (χ4n) is 3.21. The third-order valence-corrected chi connectivity index (χ3v) is 6.93. The first kappa shape index (κ1) is 21.3. The largest absolute Gasteiger partial charge is 0.507 e. The van der Waals surface area contributed by atoms with Crippen LogP contribution >= 0.6 is 15.9 Å². The molecule has 0 radical (unpaired) electrons. The van der Waals surface area contributed by atoms with Gasteiger partial charge in [0.05, 0.1) is 16.1 Å². The standard InChI is InChI=1S/C22H22BrNO4S/c1-14(2)13-24(17-10-8-16(23)9-11-17)29(27,28)21-12-20(15(3)25)22(26)19-7-5-4-6-18(19)21/h4-12,14,26H,13H2,1-3H3. The predicted molar refractivity (Wildman–Crippen MR) is 119 cm³/mol. The summed E-state index contributed by atoms with van der Waals surface area (Å²) in [4.78, 5) is 12.1. The van der Waals surface area contributed by atoms with Crippen molar-refractivity contribution < 1.29 is 18.3 Å². The highest BCUT2D eigenvalue weighted by Gasteiger charge is 2.29. The molecule has 0 saturated carbocycles. The van der Waals surface area contributed by atoms with Crippen molar-refractivity contribution in [1.82, 2.24) is 0 Å². The molecule has 3 aromatic carbocycles. The first-order valence-electron chi connectivity index (χ1n) is 9.17. The number of benzene rings is 3. The molecule has 0 aliphatic heterocycles. The topological polar surface area (TPSA) is 74.7 Å². The third kappa shape index (κ3) is 4.16. The van der Waals surface area contributed by atoms with Gasteiger partial charge in [0.2, 0.25) is 0 Å². The minimum atomic E-state index is -4.01. The maximum absolute atomic E-state index is 13.8. The Morgan fingerprint density at radius 2 is 1.66 bits per heavy atom. The lowest BCUT2D eigenvalue weighted by Crippen LogP contribution is -2.34. The zero-order valence-corrected chi connectivity index (χ0v) is 18.8. The Hall–Kier alpha value is -2.38. The zero-order chi connectivity index (χ0) is 21.3. The molecule has 0 amide bonds. The molecule has 3 rings (SSSR count). The van der Waals surface area contributed by atoms with Gasteiger partial charge in [0.1, 0.15) is 5.75 Å². The first-order chi connectivity index (χ1) is 13.6. The van der Waals surface area contributed by atoms with E-state index in [1.54, 1.807) is 48.5 Å². The second kappa shape index (κ2) is 8.16. The van der Waals surface area contributed by atoms with Gasteiger partial charge in [0, 0.05) is 21.8 Å². The monoisotopic (exact) mass is 475 g/mol. The number of Topliss-reactive ketones (excluding diaryl/α,β-unsaturated/α-hetero) is 1. The van der Waals surface area contributed by atoms with E-state index in [9.17, 15) is 18.3 Å². The van der Waals surface area contributed by atoms with Crippen LogP contribution in [0, 0.1) is 5.92 Å². The summed E-state index contributed by atoms with van der Waals surface area (Å²) >= 11 is 3.37. The van der Waals surface area contributed by atoms with E-state index in [1.807, 2.05) is 13.8 Å². The number of sulfonamides is 1. The van der Waals surface area contributed by atoms with Crippen LogP contribution in [0.1, 0.15) is 31.1 Å². The summed E-state index contributed by atoms with van der Waals surface area (Å²) in [6.07, 6.45) is 0. The molecular formula is C22H22BrNO4S. The number of halogens is 1. The van der Waals surface area contributed by atoms with E-state index in [1.165, 1.54) is 17.3 Å². The molecule has 0 bridgehead atoms. The van der Waals surface area contributed by atoms with Crippen molar-refractivity contribution in [3.8, 4) is 5.75 Å². The van der Waals surface area contributed by atoms with Crippen LogP contribution in [0.25, 0.3) is 10.8 Å². The van der Waals surface area contributed by atoms with Crippen LogP contribution in [0.4, 0.5) is 5.69 Å². The van der Waals surface area contributed by atoms with Crippen molar-refractivity contribution >= 4 is 48.2 Å². The summed E-state index contributed by atoms with van der Waals surface area (Å²) in [5, 5.41) is 11.2. The molecule has 0 aliphatic carbocycles. The van der Waals surface area contributed by atoms with Gasteiger partial charge in [-0.25, -0.2) is 8.42 Å². The third-order valence-electron chi connectivity index (χ3n) is 4.57. The molecule has 1 N–H and O–H groups in total. The van der Waals surface area contributed by atoms with E-state index in [-0.39, 0.29) is 28.7 Å². The first-order valence-corrected chi connectivity index (χ1v) is 11.4. The minimum absolute atomic E-state index is 0.000307. The molecule has 152 valence electrons.